The normalized spacial score (nSPS) is 13.4. The average Bonchev–Trinajstić information content (AvgIpc) is 2.65. The third-order valence-electron chi connectivity index (χ3n) is 4.21. The summed E-state index contributed by atoms with van der Waals surface area (Å²) in [6.45, 7) is 7.15. The van der Waals surface area contributed by atoms with Crippen molar-refractivity contribution in [1.82, 2.24) is 0 Å². The number of rotatable bonds is 7. The standard InChI is InChI=1S/C21H24F6O3Si/c1-12(2)28-21(30-31,29-13(3)4)16-7-5-14(6-8-16)15-9-17(19(22,23)24)11-18(10-15)20(25,26)27/h5-13H,1-4,31H3. The maximum Gasteiger partial charge on any atom is 0.416 e. The van der Waals surface area contributed by atoms with Crippen molar-refractivity contribution in [2.75, 3.05) is 0 Å². The summed E-state index contributed by atoms with van der Waals surface area (Å²) in [5.74, 6) is -1.52. The Morgan fingerprint density at radius 1 is 0.645 bits per heavy atom. The molecule has 3 nitrogen and oxygen atoms in total. The second kappa shape index (κ2) is 9.31. The number of alkyl halides is 6. The highest BCUT2D eigenvalue weighted by molar-refractivity contribution is 5.98. The van der Waals surface area contributed by atoms with Crippen molar-refractivity contribution >= 4 is 10.5 Å². The van der Waals surface area contributed by atoms with Crippen molar-refractivity contribution in [3.8, 4) is 11.1 Å². The zero-order valence-corrected chi connectivity index (χ0v) is 19.7. The first-order valence-electron chi connectivity index (χ1n) is 9.49. The van der Waals surface area contributed by atoms with Gasteiger partial charge in [0.1, 0.15) is 0 Å². The van der Waals surface area contributed by atoms with Crippen LogP contribution in [0.25, 0.3) is 11.1 Å². The van der Waals surface area contributed by atoms with Crippen LogP contribution in [0, 0.1) is 0 Å². The first kappa shape index (κ1) is 25.4. The van der Waals surface area contributed by atoms with Gasteiger partial charge >= 0.3 is 18.3 Å². The van der Waals surface area contributed by atoms with E-state index >= 15 is 0 Å². The van der Waals surface area contributed by atoms with Crippen molar-refractivity contribution in [2.24, 2.45) is 0 Å². The van der Waals surface area contributed by atoms with E-state index in [1.54, 1.807) is 27.7 Å². The number of hydrogen-bond acceptors (Lipinski definition) is 3. The number of halogens is 6. The molecule has 0 atom stereocenters. The second-order valence-corrected chi connectivity index (χ2v) is 7.87. The van der Waals surface area contributed by atoms with Gasteiger partial charge in [-0.1, -0.05) is 24.3 Å². The predicted molar refractivity (Wildman–Crippen MR) is 107 cm³/mol. The predicted octanol–water partition coefficient (Wildman–Crippen LogP) is 5.65. The summed E-state index contributed by atoms with van der Waals surface area (Å²) in [5, 5.41) is 0. The van der Waals surface area contributed by atoms with Gasteiger partial charge < -0.3 is 13.9 Å². The molecule has 0 spiro atoms. The van der Waals surface area contributed by atoms with Crippen LogP contribution in [0.3, 0.4) is 0 Å². The van der Waals surface area contributed by atoms with Gasteiger partial charge in [-0.3, -0.25) is 0 Å². The van der Waals surface area contributed by atoms with E-state index in [1.165, 1.54) is 24.3 Å². The fourth-order valence-corrected chi connectivity index (χ4v) is 3.42. The monoisotopic (exact) mass is 466 g/mol. The molecule has 0 amide bonds. The van der Waals surface area contributed by atoms with Gasteiger partial charge in [-0.2, -0.15) is 26.3 Å². The molecule has 0 aliphatic carbocycles. The summed E-state index contributed by atoms with van der Waals surface area (Å²) < 4.78 is 96.2. The van der Waals surface area contributed by atoms with Crippen molar-refractivity contribution < 1.29 is 40.2 Å². The third-order valence-corrected chi connectivity index (χ3v) is 4.75. The molecule has 10 heteroatoms. The van der Waals surface area contributed by atoms with Gasteiger partial charge in [0.2, 0.25) is 0 Å². The Balaban J connectivity index is 2.55. The molecule has 0 N–H and O–H groups in total. The molecule has 172 valence electrons. The summed E-state index contributed by atoms with van der Waals surface area (Å²) in [6.07, 6.45) is -10.4. The molecule has 2 aromatic rings. The van der Waals surface area contributed by atoms with E-state index in [4.69, 9.17) is 13.9 Å². The van der Waals surface area contributed by atoms with Gasteiger partial charge in [-0.25, -0.2) is 0 Å². The molecule has 2 rings (SSSR count). The van der Waals surface area contributed by atoms with Crippen LogP contribution in [0.1, 0.15) is 44.4 Å². The van der Waals surface area contributed by atoms with Crippen molar-refractivity contribution in [3.05, 3.63) is 59.2 Å². The Morgan fingerprint density at radius 2 is 1.06 bits per heavy atom. The Labute approximate surface area is 179 Å². The Kier molecular flexibility index (Phi) is 7.62. The molecule has 31 heavy (non-hydrogen) atoms. The molecular formula is C21H24F6O3Si. The minimum atomic E-state index is -4.91. The summed E-state index contributed by atoms with van der Waals surface area (Å²) >= 11 is 0. The van der Waals surface area contributed by atoms with Gasteiger partial charge in [0.15, 0.2) is 10.5 Å². The molecule has 0 radical (unpaired) electrons. The first-order chi connectivity index (χ1) is 14.2. The fraction of sp³-hybridized carbons (Fsp3) is 0.429. The Morgan fingerprint density at radius 3 is 1.39 bits per heavy atom. The topological polar surface area (TPSA) is 27.7 Å². The van der Waals surface area contributed by atoms with Gasteiger partial charge in [-0.15, -0.1) is 0 Å². The first-order valence-corrected chi connectivity index (χ1v) is 10.3. The van der Waals surface area contributed by atoms with Gasteiger partial charge in [0.25, 0.3) is 0 Å². The lowest BCUT2D eigenvalue weighted by Gasteiger charge is -2.36. The van der Waals surface area contributed by atoms with Gasteiger partial charge in [0, 0.05) is 5.56 Å². The molecule has 0 heterocycles. The van der Waals surface area contributed by atoms with E-state index in [9.17, 15) is 26.3 Å². The van der Waals surface area contributed by atoms with Gasteiger partial charge in [-0.05, 0) is 57.0 Å². The summed E-state index contributed by atoms with van der Waals surface area (Å²) in [5.41, 5.74) is -2.33. The molecule has 0 saturated carbocycles. The second-order valence-electron chi connectivity index (χ2n) is 7.47. The van der Waals surface area contributed by atoms with Crippen molar-refractivity contribution in [2.45, 2.75) is 58.2 Å². The van der Waals surface area contributed by atoms with Gasteiger partial charge in [0.05, 0.1) is 23.3 Å². The van der Waals surface area contributed by atoms with E-state index in [0.29, 0.717) is 17.7 Å². The molecule has 0 aromatic heterocycles. The molecule has 0 saturated heterocycles. The maximum atomic E-state index is 13.1. The van der Waals surface area contributed by atoms with Crippen LogP contribution in [-0.4, -0.2) is 22.7 Å². The lowest BCUT2D eigenvalue weighted by atomic mass is 9.98. The zero-order chi connectivity index (χ0) is 23.6. The fourth-order valence-electron chi connectivity index (χ4n) is 2.99. The van der Waals surface area contributed by atoms with Crippen LogP contribution >= 0.6 is 0 Å². The van der Waals surface area contributed by atoms with Crippen LogP contribution in [-0.2, 0) is 32.2 Å². The third kappa shape index (κ3) is 6.31. The number of benzene rings is 2. The van der Waals surface area contributed by atoms with Crippen LogP contribution in [0.4, 0.5) is 26.3 Å². The Hall–Kier alpha value is -1.88. The van der Waals surface area contributed by atoms with E-state index < -0.39 is 29.5 Å². The highest BCUT2D eigenvalue weighted by Gasteiger charge is 2.38. The van der Waals surface area contributed by atoms with E-state index in [-0.39, 0.29) is 39.9 Å². The molecular weight excluding hydrogens is 442 g/mol. The summed E-state index contributed by atoms with van der Waals surface area (Å²) in [7, 11) is 0.252. The maximum absolute atomic E-state index is 13.1. The molecule has 0 bridgehead atoms. The highest BCUT2D eigenvalue weighted by atomic mass is 28.2. The quantitative estimate of drug-likeness (QED) is 0.300. The van der Waals surface area contributed by atoms with Crippen molar-refractivity contribution in [3.63, 3.8) is 0 Å². The lowest BCUT2D eigenvalue weighted by Crippen LogP contribution is -2.40. The smallest absolute Gasteiger partial charge is 0.376 e. The number of ether oxygens (including phenoxy) is 2. The molecule has 0 fully saturated rings. The van der Waals surface area contributed by atoms with E-state index in [1.807, 2.05) is 0 Å². The van der Waals surface area contributed by atoms with E-state index in [2.05, 4.69) is 0 Å². The lowest BCUT2D eigenvalue weighted by molar-refractivity contribution is -0.378. The number of hydrogen-bond donors (Lipinski definition) is 0. The SMILES string of the molecule is CC(C)OC(O[SiH3])(OC(C)C)c1ccc(-c2cc(C(F)(F)F)cc(C(F)(F)F)c2)cc1. The summed E-state index contributed by atoms with van der Waals surface area (Å²) in [6, 6.07) is 7.32. The summed E-state index contributed by atoms with van der Waals surface area (Å²) in [4.78, 5) is 0. The molecule has 0 unspecified atom stereocenters. The van der Waals surface area contributed by atoms with Crippen LogP contribution in [0.15, 0.2) is 42.5 Å². The highest BCUT2D eigenvalue weighted by Crippen LogP contribution is 2.39. The minimum Gasteiger partial charge on any atom is -0.376 e. The minimum absolute atomic E-state index is 0.103. The Bertz CT molecular complexity index is 834. The largest absolute Gasteiger partial charge is 0.416 e. The van der Waals surface area contributed by atoms with Crippen LogP contribution < -0.4 is 0 Å². The molecule has 2 aromatic carbocycles. The zero-order valence-electron chi connectivity index (χ0n) is 17.7. The molecule has 0 aliphatic rings. The van der Waals surface area contributed by atoms with E-state index in [0.717, 1.165) is 0 Å². The van der Waals surface area contributed by atoms with Crippen LogP contribution in [0.5, 0.6) is 0 Å². The molecule has 0 aliphatic heterocycles. The van der Waals surface area contributed by atoms with Crippen LogP contribution in [0.2, 0.25) is 0 Å². The van der Waals surface area contributed by atoms with Crippen molar-refractivity contribution in [1.29, 1.82) is 0 Å². The average molecular weight is 466 g/mol.